The molecule has 0 radical (unpaired) electrons. The molecule has 7 rings (SSSR count). The van der Waals surface area contributed by atoms with Crippen LogP contribution in [0.2, 0.25) is 18.1 Å². The van der Waals surface area contributed by atoms with Crippen molar-refractivity contribution in [1.82, 2.24) is 24.2 Å². The summed E-state index contributed by atoms with van der Waals surface area (Å²) in [6, 6.07) is 14.7. The van der Waals surface area contributed by atoms with Crippen LogP contribution in [0.1, 0.15) is 80.7 Å². The summed E-state index contributed by atoms with van der Waals surface area (Å²) in [7, 11) is -0.467. The number of benzene rings is 2. The number of morpholine rings is 1. The molecule has 1 unspecified atom stereocenters. The number of rotatable bonds is 9. The molecule has 5 aromatic rings. The number of amides is 1. The third-order valence-corrected chi connectivity index (χ3v) is 16.9. The number of nitrogens with one attached hydrogen (secondary N) is 1. The number of hydrogen-bond donors (Lipinski definition) is 1. The van der Waals surface area contributed by atoms with Gasteiger partial charge in [-0.2, -0.15) is 9.78 Å². The second-order valence-corrected chi connectivity index (χ2v) is 23.3. The van der Waals surface area contributed by atoms with E-state index in [1.807, 2.05) is 58.2 Å². The summed E-state index contributed by atoms with van der Waals surface area (Å²) < 4.78 is 31.4. The molecule has 59 heavy (non-hydrogen) atoms. The van der Waals surface area contributed by atoms with Gasteiger partial charge in [0.1, 0.15) is 11.6 Å². The van der Waals surface area contributed by atoms with Gasteiger partial charge in [-0.3, -0.25) is 14.4 Å². The van der Waals surface area contributed by atoms with Crippen LogP contribution in [-0.2, 0) is 40.9 Å². The highest BCUT2D eigenvalue weighted by atomic mass is 28.4. The molecule has 1 aliphatic carbocycles. The minimum absolute atomic E-state index is 0.000359. The zero-order valence-corrected chi connectivity index (χ0v) is 36.9. The van der Waals surface area contributed by atoms with Crippen molar-refractivity contribution in [3.05, 3.63) is 115 Å². The Morgan fingerprint density at radius 3 is 2.39 bits per heavy atom. The fourth-order valence-electron chi connectivity index (χ4n) is 7.84. The maximum absolute atomic E-state index is 15.8. The van der Waals surface area contributed by atoms with Gasteiger partial charge in [0.05, 0.1) is 42.2 Å². The fourth-order valence-corrected chi connectivity index (χ4v) is 9.19. The zero-order chi connectivity index (χ0) is 42.4. The lowest BCUT2D eigenvalue weighted by Crippen LogP contribution is -2.45. The van der Waals surface area contributed by atoms with Gasteiger partial charge in [-0.15, -0.1) is 0 Å². The lowest BCUT2D eigenvalue weighted by molar-refractivity contribution is 0.0302. The summed E-state index contributed by atoms with van der Waals surface area (Å²) in [5.74, 6) is 0.0303. The summed E-state index contributed by atoms with van der Waals surface area (Å²) in [6.45, 7) is 19.9. The van der Waals surface area contributed by atoms with E-state index in [0.717, 1.165) is 27.9 Å². The minimum atomic E-state index is -2.29. The van der Waals surface area contributed by atoms with E-state index >= 15 is 4.39 Å². The molecular formula is C46H57FN6O5Si. The van der Waals surface area contributed by atoms with Crippen LogP contribution in [-0.4, -0.2) is 77.4 Å². The van der Waals surface area contributed by atoms with Gasteiger partial charge in [0.25, 0.3) is 17.0 Å². The lowest BCUT2D eigenvalue weighted by Gasteiger charge is -2.39. The number of hydrogen-bond acceptors (Lipinski definition) is 8. The maximum atomic E-state index is 15.8. The molecule has 0 saturated carbocycles. The van der Waals surface area contributed by atoms with E-state index in [9.17, 15) is 14.4 Å². The Balaban J connectivity index is 1.22. The third-order valence-electron chi connectivity index (χ3n) is 12.3. The summed E-state index contributed by atoms with van der Waals surface area (Å²) in [4.78, 5) is 47.4. The van der Waals surface area contributed by atoms with Crippen molar-refractivity contribution in [2.75, 3.05) is 38.2 Å². The standard InChI is InChI=1S/C46H57FN6O5Si/c1-45(2,3)32-22-31-28-50-53(44(56)41(31)37(47)24-32)38-14-10-13-34-35-23-29(12-11-17-48-40-16-15-30(27-49-40)43(55)52-18-20-57-21-19-52)42(54)51(7)39(35)26-33(25-36(34)38)58-59(8,9)46(4,5)6/h10,13-16,22-24,27-28,33H,11-12,17-21,25-26H2,1-9H3,(H,48,49). The zero-order valence-electron chi connectivity index (χ0n) is 35.9. The van der Waals surface area contributed by atoms with E-state index in [2.05, 4.69) is 49.3 Å². The van der Waals surface area contributed by atoms with Gasteiger partial charge in [0.2, 0.25) is 0 Å². The first kappa shape index (κ1) is 42.2. The largest absolute Gasteiger partial charge is 0.413 e. The number of nitrogens with zero attached hydrogens (tertiary/aromatic N) is 5. The predicted molar refractivity (Wildman–Crippen MR) is 234 cm³/mol. The van der Waals surface area contributed by atoms with Crippen molar-refractivity contribution in [1.29, 1.82) is 0 Å². The van der Waals surface area contributed by atoms with Gasteiger partial charge in [-0.05, 0) is 89.5 Å². The highest BCUT2D eigenvalue weighted by molar-refractivity contribution is 6.74. The molecule has 1 N–H and O–H groups in total. The van der Waals surface area contributed by atoms with Crippen LogP contribution in [0.5, 0.6) is 0 Å². The lowest BCUT2D eigenvalue weighted by atomic mass is 9.86. The van der Waals surface area contributed by atoms with Crippen LogP contribution in [0, 0.1) is 5.82 Å². The minimum Gasteiger partial charge on any atom is -0.413 e. The van der Waals surface area contributed by atoms with E-state index in [0.29, 0.717) is 86.5 Å². The van der Waals surface area contributed by atoms with Gasteiger partial charge < -0.3 is 23.9 Å². The molecule has 0 spiro atoms. The van der Waals surface area contributed by atoms with Gasteiger partial charge in [-0.1, -0.05) is 53.7 Å². The molecule has 3 aromatic heterocycles. The third kappa shape index (κ3) is 8.55. The van der Waals surface area contributed by atoms with Crippen molar-refractivity contribution in [3.63, 3.8) is 0 Å². The van der Waals surface area contributed by atoms with Crippen LogP contribution in [0.25, 0.3) is 27.6 Å². The number of halogens is 1. The van der Waals surface area contributed by atoms with Crippen LogP contribution < -0.4 is 16.4 Å². The first-order chi connectivity index (χ1) is 27.8. The summed E-state index contributed by atoms with van der Waals surface area (Å²) in [5.41, 5.74) is 5.20. The average Bonchev–Trinajstić information content (AvgIpc) is 3.34. The molecule has 4 heterocycles. The summed E-state index contributed by atoms with van der Waals surface area (Å²) >= 11 is 0. The van der Waals surface area contributed by atoms with Gasteiger partial charge in [0.15, 0.2) is 8.32 Å². The van der Waals surface area contributed by atoms with E-state index < -0.39 is 19.7 Å². The fraction of sp³-hybridized carbons (Fsp3) is 0.457. The SMILES string of the molecule is Cn1c2c(cc(CCCNc3ccc(C(=O)N4CCOCC4)cn3)c1=O)-c1cccc(-n3ncc4cc(C(C)(C)C)cc(F)c4c3=O)c1CC(O[Si](C)(C)C(C)(C)C)C2. The smallest absolute Gasteiger partial charge is 0.282 e. The number of pyridine rings is 2. The highest BCUT2D eigenvalue weighted by Gasteiger charge is 2.40. The molecule has 2 aromatic carbocycles. The van der Waals surface area contributed by atoms with E-state index in [4.69, 9.17) is 9.16 Å². The highest BCUT2D eigenvalue weighted by Crippen LogP contribution is 2.41. The van der Waals surface area contributed by atoms with Crippen molar-refractivity contribution >= 4 is 30.8 Å². The summed E-state index contributed by atoms with van der Waals surface area (Å²) in [6.07, 6.45) is 5.03. The normalized spacial score (nSPS) is 16.1. The molecule has 2 aliphatic rings. The van der Waals surface area contributed by atoms with Crippen molar-refractivity contribution < 1.29 is 18.3 Å². The number of aryl methyl sites for hydroxylation is 1. The topological polar surface area (TPSA) is 121 Å². The predicted octanol–water partition coefficient (Wildman–Crippen LogP) is 7.59. The number of fused-ring (bicyclic) bond motifs is 4. The molecule has 312 valence electrons. The average molecular weight is 821 g/mol. The van der Waals surface area contributed by atoms with Crippen LogP contribution >= 0.6 is 0 Å². The molecule has 1 amide bonds. The van der Waals surface area contributed by atoms with Gasteiger partial charge >= 0.3 is 0 Å². The molecule has 13 heteroatoms. The van der Waals surface area contributed by atoms with Gasteiger partial charge in [-0.25, -0.2) is 9.37 Å². The Kier molecular flexibility index (Phi) is 11.6. The Hall–Kier alpha value is -4.98. The maximum Gasteiger partial charge on any atom is 0.282 e. The van der Waals surface area contributed by atoms with E-state index in [1.165, 1.54) is 10.7 Å². The molecular weight excluding hydrogens is 764 g/mol. The first-order valence-corrected chi connectivity index (χ1v) is 23.6. The second-order valence-electron chi connectivity index (χ2n) is 18.5. The Bertz CT molecular complexity index is 2510. The first-order valence-electron chi connectivity index (χ1n) is 20.7. The van der Waals surface area contributed by atoms with Gasteiger partial charge in [0, 0.05) is 67.9 Å². The van der Waals surface area contributed by atoms with Crippen molar-refractivity contribution in [3.8, 4) is 16.8 Å². The van der Waals surface area contributed by atoms with E-state index in [-0.39, 0.29) is 33.4 Å². The van der Waals surface area contributed by atoms with Crippen LogP contribution in [0.3, 0.4) is 0 Å². The number of anilines is 1. The molecule has 0 bridgehead atoms. The second kappa shape index (κ2) is 16.2. The number of aromatic nitrogens is 4. The quantitative estimate of drug-likeness (QED) is 0.119. The monoisotopic (exact) mass is 820 g/mol. The Morgan fingerprint density at radius 1 is 0.966 bits per heavy atom. The molecule has 1 saturated heterocycles. The number of carbonyl (C=O) groups is 1. The van der Waals surface area contributed by atoms with E-state index in [1.54, 1.807) is 34.0 Å². The van der Waals surface area contributed by atoms with Crippen molar-refractivity contribution in [2.45, 2.75) is 96.9 Å². The van der Waals surface area contributed by atoms with Crippen LogP contribution in [0.4, 0.5) is 10.2 Å². The Labute approximate surface area is 346 Å². The van der Waals surface area contributed by atoms with Crippen molar-refractivity contribution in [2.24, 2.45) is 7.05 Å². The molecule has 11 nitrogen and oxygen atoms in total. The molecule has 1 fully saturated rings. The Morgan fingerprint density at radius 2 is 1.71 bits per heavy atom. The molecule has 1 atom stereocenters. The summed E-state index contributed by atoms with van der Waals surface area (Å²) in [5, 5.41) is 8.38. The number of carbonyl (C=O) groups excluding carboxylic acids is 1. The molecule has 1 aliphatic heterocycles. The van der Waals surface area contributed by atoms with Crippen LogP contribution in [0.15, 0.2) is 70.5 Å². The number of ether oxygens (including phenoxy) is 1.